The molecule has 0 unspecified atom stereocenters. The van der Waals surface area contributed by atoms with Crippen LogP contribution in [0.5, 0.6) is 5.75 Å². The van der Waals surface area contributed by atoms with Crippen LogP contribution >= 0.6 is 23.2 Å². The molecule has 0 saturated carbocycles. The Kier molecular flexibility index (Phi) is 8.38. The summed E-state index contributed by atoms with van der Waals surface area (Å²) in [7, 11) is 1.63. The number of rotatable bonds is 5. The molecular formula is C23H17Cl2F3N4O4. The number of alkyl halides is 3. The van der Waals surface area contributed by atoms with Crippen molar-refractivity contribution >= 4 is 41.3 Å². The summed E-state index contributed by atoms with van der Waals surface area (Å²) in [4.78, 5) is 17.5. The number of benzene rings is 2. The number of halogens is 5. The molecule has 0 fully saturated rings. The Morgan fingerprint density at radius 1 is 1.19 bits per heavy atom. The second-order valence-corrected chi connectivity index (χ2v) is 7.83. The highest BCUT2D eigenvalue weighted by atomic mass is 35.5. The number of aliphatic carboxylic acids is 1. The first-order chi connectivity index (χ1) is 17.0. The van der Waals surface area contributed by atoms with E-state index in [9.17, 15) is 13.2 Å². The van der Waals surface area contributed by atoms with Crippen LogP contribution in [0.25, 0.3) is 29.2 Å². The predicted molar refractivity (Wildman–Crippen MR) is 127 cm³/mol. The highest BCUT2D eigenvalue weighted by molar-refractivity contribution is 6.43. The molecule has 36 heavy (non-hydrogen) atoms. The zero-order chi connectivity index (χ0) is 26.5. The molecule has 0 bridgehead atoms. The van der Waals surface area contributed by atoms with E-state index in [1.54, 1.807) is 37.7 Å². The third-order valence-electron chi connectivity index (χ3n) is 4.49. The van der Waals surface area contributed by atoms with Gasteiger partial charge >= 0.3 is 12.1 Å². The molecular weight excluding hydrogens is 524 g/mol. The van der Waals surface area contributed by atoms with Crippen molar-refractivity contribution in [3.05, 3.63) is 76.1 Å². The highest BCUT2D eigenvalue weighted by Crippen LogP contribution is 2.32. The maximum absolute atomic E-state index is 10.6. The molecule has 0 aliphatic rings. The lowest BCUT2D eigenvalue weighted by atomic mass is 10.1. The Morgan fingerprint density at radius 2 is 1.92 bits per heavy atom. The van der Waals surface area contributed by atoms with Gasteiger partial charge in [-0.05, 0) is 42.8 Å². The molecule has 8 nitrogen and oxygen atoms in total. The molecule has 2 aromatic carbocycles. The van der Waals surface area contributed by atoms with Gasteiger partial charge in [0.25, 0.3) is 5.89 Å². The van der Waals surface area contributed by atoms with Gasteiger partial charge in [0, 0.05) is 17.8 Å². The standard InChI is InChI=1S/C21H16Cl2N4O2.C2HF3O2/c1-13-11-27(12-24-13)17-8-6-14(10-18(17)28-2)7-9-19-25-21(26-29-19)15-4-3-5-16(22)20(15)23;3-2(4,5)1(6)7/h3-12H,1-2H3;(H,6,7). The molecule has 0 saturated heterocycles. The molecule has 0 aliphatic heterocycles. The number of nitrogens with zero attached hydrogens (tertiary/aromatic N) is 4. The van der Waals surface area contributed by atoms with E-state index < -0.39 is 12.1 Å². The number of aromatic nitrogens is 4. The van der Waals surface area contributed by atoms with Crippen LogP contribution in [0.3, 0.4) is 0 Å². The van der Waals surface area contributed by atoms with Crippen molar-refractivity contribution in [3.8, 4) is 22.8 Å². The van der Waals surface area contributed by atoms with Crippen molar-refractivity contribution in [2.75, 3.05) is 7.11 Å². The Balaban J connectivity index is 0.000000454. The van der Waals surface area contributed by atoms with Gasteiger partial charge in [0.2, 0.25) is 5.82 Å². The van der Waals surface area contributed by atoms with Crippen molar-refractivity contribution in [2.45, 2.75) is 13.1 Å². The molecule has 188 valence electrons. The summed E-state index contributed by atoms with van der Waals surface area (Å²) in [5, 5.41) is 11.9. The fraction of sp³-hybridized carbons (Fsp3) is 0.130. The van der Waals surface area contributed by atoms with Gasteiger partial charge < -0.3 is 18.9 Å². The Morgan fingerprint density at radius 3 is 2.53 bits per heavy atom. The molecule has 4 aromatic rings. The van der Waals surface area contributed by atoms with Crippen LogP contribution < -0.4 is 4.74 Å². The van der Waals surface area contributed by atoms with Gasteiger partial charge in [-0.25, -0.2) is 9.78 Å². The first-order valence-corrected chi connectivity index (χ1v) is 10.7. The van der Waals surface area contributed by atoms with Crippen LogP contribution in [0.4, 0.5) is 13.2 Å². The fourth-order valence-electron chi connectivity index (χ4n) is 2.82. The number of carboxylic acid groups (broad SMARTS) is 1. The Hall–Kier alpha value is -3.83. The number of carbonyl (C=O) groups is 1. The van der Waals surface area contributed by atoms with Crippen LogP contribution in [-0.4, -0.2) is 44.1 Å². The number of aryl methyl sites for hydroxylation is 1. The van der Waals surface area contributed by atoms with Gasteiger partial charge in [-0.15, -0.1) is 0 Å². The molecule has 4 rings (SSSR count). The summed E-state index contributed by atoms with van der Waals surface area (Å²) >= 11 is 12.3. The monoisotopic (exact) mass is 540 g/mol. The molecule has 0 atom stereocenters. The van der Waals surface area contributed by atoms with Crippen molar-refractivity contribution in [1.82, 2.24) is 19.7 Å². The molecule has 2 aromatic heterocycles. The van der Waals surface area contributed by atoms with Crippen LogP contribution in [0.2, 0.25) is 10.0 Å². The van der Waals surface area contributed by atoms with Crippen molar-refractivity contribution in [2.24, 2.45) is 0 Å². The number of ether oxygens (including phenoxy) is 1. The van der Waals surface area contributed by atoms with E-state index in [4.69, 9.17) is 42.4 Å². The maximum Gasteiger partial charge on any atom is 0.490 e. The number of hydrogen-bond donors (Lipinski definition) is 1. The van der Waals surface area contributed by atoms with Gasteiger partial charge in [-0.2, -0.15) is 18.2 Å². The summed E-state index contributed by atoms with van der Waals surface area (Å²) in [6, 6.07) is 11.1. The summed E-state index contributed by atoms with van der Waals surface area (Å²) in [6.07, 6.45) is 2.20. The van der Waals surface area contributed by atoms with E-state index in [0.717, 1.165) is 22.7 Å². The lowest BCUT2D eigenvalue weighted by molar-refractivity contribution is -0.192. The van der Waals surface area contributed by atoms with Crippen LogP contribution in [0.1, 0.15) is 17.1 Å². The molecule has 0 radical (unpaired) electrons. The first kappa shape index (κ1) is 26.8. The Labute approximate surface area is 212 Å². The molecule has 0 spiro atoms. The molecule has 1 N–H and O–H groups in total. The highest BCUT2D eigenvalue weighted by Gasteiger charge is 2.38. The van der Waals surface area contributed by atoms with Crippen LogP contribution in [0.15, 0.2) is 53.4 Å². The normalized spacial score (nSPS) is 11.3. The summed E-state index contributed by atoms with van der Waals surface area (Å²) in [5.74, 6) is -1.31. The zero-order valence-corrected chi connectivity index (χ0v) is 20.1. The van der Waals surface area contributed by atoms with Crippen molar-refractivity contribution < 1.29 is 32.3 Å². The molecule has 2 heterocycles. The van der Waals surface area contributed by atoms with E-state index in [0.29, 0.717) is 27.3 Å². The topological polar surface area (TPSA) is 103 Å². The van der Waals surface area contributed by atoms with Gasteiger partial charge in [0.1, 0.15) is 5.75 Å². The summed E-state index contributed by atoms with van der Waals surface area (Å²) in [6.45, 7) is 1.94. The predicted octanol–water partition coefficient (Wildman–Crippen LogP) is 6.35. The number of hydrogen-bond acceptors (Lipinski definition) is 6. The quantitative estimate of drug-likeness (QED) is 0.314. The van der Waals surface area contributed by atoms with E-state index in [1.165, 1.54) is 0 Å². The summed E-state index contributed by atoms with van der Waals surface area (Å²) < 4.78 is 44.5. The van der Waals surface area contributed by atoms with E-state index in [2.05, 4.69) is 15.1 Å². The number of methoxy groups -OCH3 is 1. The average Bonchev–Trinajstić information content (AvgIpc) is 3.48. The second-order valence-electron chi connectivity index (χ2n) is 7.05. The third-order valence-corrected chi connectivity index (χ3v) is 5.31. The Bertz CT molecular complexity index is 1400. The molecule has 0 aliphatic carbocycles. The molecule has 13 heteroatoms. The number of carboxylic acids is 1. The van der Waals surface area contributed by atoms with Crippen molar-refractivity contribution in [1.29, 1.82) is 0 Å². The minimum Gasteiger partial charge on any atom is -0.495 e. The van der Waals surface area contributed by atoms with E-state index >= 15 is 0 Å². The second kappa shape index (κ2) is 11.3. The average molecular weight is 541 g/mol. The summed E-state index contributed by atoms with van der Waals surface area (Å²) in [5.41, 5.74) is 3.37. The lowest BCUT2D eigenvalue weighted by Crippen LogP contribution is -2.21. The third kappa shape index (κ3) is 6.64. The van der Waals surface area contributed by atoms with Gasteiger partial charge in [0.15, 0.2) is 0 Å². The number of imidazole rings is 1. The van der Waals surface area contributed by atoms with Gasteiger partial charge in [-0.1, -0.05) is 40.5 Å². The SMILES string of the molecule is COc1cc(C=Cc2nc(-c3cccc(Cl)c3Cl)no2)ccc1-n1cnc(C)c1.O=C(O)C(F)(F)F. The zero-order valence-electron chi connectivity index (χ0n) is 18.6. The maximum atomic E-state index is 10.6. The van der Waals surface area contributed by atoms with Crippen LogP contribution in [0, 0.1) is 6.92 Å². The van der Waals surface area contributed by atoms with Gasteiger partial charge in [-0.3, -0.25) is 0 Å². The molecule has 0 amide bonds. The fourth-order valence-corrected chi connectivity index (χ4v) is 3.21. The lowest BCUT2D eigenvalue weighted by Gasteiger charge is -2.09. The van der Waals surface area contributed by atoms with Gasteiger partial charge in [0.05, 0.1) is 34.9 Å². The van der Waals surface area contributed by atoms with Crippen molar-refractivity contribution in [3.63, 3.8) is 0 Å². The smallest absolute Gasteiger partial charge is 0.490 e. The first-order valence-electron chi connectivity index (χ1n) is 9.95. The largest absolute Gasteiger partial charge is 0.495 e. The minimum atomic E-state index is -5.08. The van der Waals surface area contributed by atoms with Crippen LogP contribution in [-0.2, 0) is 4.79 Å². The van der Waals surface area contributed by atoms with E-state index in [1.807, 2.05) is 42.0 Å². The van der Waals surface area contributed by atoms with E-state index in [-0.39, 0.29) is 0 Å². The minimum absolute atomic E-state index is 0.351.